The van der Waals surface area contributed by atoms with Crippen molar-refractivity contribution in [3.8, 4) is 0 Å². The normalized spacial score (nSPS) is 8.24. The van der Waals surface area contributed by atoms with Gasteiger partial charge in [0.25, 0.3) is 0 Å². The first-order valence-electron chi connectivity index (χ1n) is 6.19. The highest BCUT2D eigenvalue weighted by atomic mass is 31.2. The quantitative estimate of drug-likeness (QED) is 0.0823. The van der Waals surface area contributed by atoms with Crippen molar-refractivity contribution in [3.05, 3.63) is 0 Å². The molecule has 170 valence electrons. The van der Waals surface area contributed by atoms with Crippen LogP contribution >= 0.6 is 7.82 Å². The van der Waals surface area contributed by atoms with Crippen molar-refractivity contribution in [1.82, 2.24) is 16.3 Å². The molecule has 0 saturated carbocycles. The molecule has 6 amide bonds. The number of hydrogen-bond donors (Lipinski definition) is 15. The molecule has 0 aromatic rings. The summed E-state index contributed by atoms with van der Waals surface area (Å²) in [6, 6.07) is -2.21. The van der Waals surface area contributed by atoms with Crippen LogP contribution in [0, 0.1) is 0 Å². The van der Waals surface area contributed by atoms with Gasteiger partial charge >= 0.3 is 36.0 Å². The van der Waals surface area contributed by atoms with Crippen molar-refractivity contribution >= 4 is 43.8 Å². The number of urea groups is 3. The zero-order valence-electron chi connectivity index (χ0n) is 14.5. The monoisotopic (exact) mass is 449 g/mol. The average Bonchev–Trinajstić information content (AvgIpc) is 2.48. The number of hydrazine groups is 3. The maximum atomic E-state index is 9.83. The van der Waals surface area contributed by atoms with Crippen molar-refractivity contribution in [1.29, 1.82) is 0 Å². The third-order valence-corrected chi connectivity index (χ3v) is 0.990. The van der Waals surface area contributed by atoms with Crippen molar-refractivity contribution < 1.29 is 48.9 Å². The lowest BCUT2D eigenvalue weighted by Gasteiger charge is -2.36. The first-order valence-corrected chi connectivity index (χ1v) is 7.65. The Labute approximate surface area is 161 Å². The molecule has 0 bridgehead atoms. The fraction of sp³-hybridized carbons (Fsp3) is 0. The van der Waals surface area contributed by atoms with Gasteiger partial charge in [0.1, 0.15) is 0 Å². The Kier molecular flexibility index (Phi) is 20.7. The van der Waals surface area contributed by atoms with Crippen LogP contribution in [0.1, 0.15) is 0 Å². The molecule has 0 aliphatic heterocycles. The number of hydrazone groups is 3. The molecule has 0 radical (unpaired) electrons. The van der Waals surface area contributed by atoms with Crippen molar-refractivity contribution in [2.45, 2.75) is 0 Å². The fourth-order valence-corrected chi connectivity index (χ4v) is 0.401. The maximum absolute atomic E-state index is 9.83. The second kappa shape index (κ2) is 18.5. The van der Waals surface area contributed by atoms with E-state index in [0.717, 1.165) is 0 Å². The molecule has 24 N–H and O–H groups in total. The summed E-state index contributed by atoms with van der Waals surface area (Å²) >= 11 is 0. The number of carbonyl (C=O) groups excluding carboxylic acids is 3. The van der Waals surface area contributed by atoms with Gasteiger partial charge in [0.2, 0.25) is 0 Å². The molecule has 29 heavy (non-hydrogen) atoms. The number of amides is 6. The largest absolute Gasteiger partial charge is 0.822 e. The molecule has 22 nitrogen and oxygen atoms in total. The van der Waals surface area contributed by atoms with Gasteiger partial charge in [-0.25, -0.2) is 30.7 Å². The van der Waals surface area contributed by atoms with E-state index in [9.17, 15) is 14.4 Å². The highest BCUT2D eigenvalue weighted by Gasteiger charge is 1.88. The zero-order chi connectivity index (χ0) is 24.2. The molecular weight excluding hydrogens is 425 g/mol. The number of nitrogens with two attached hydrogens (primary N) is 9. The number of primary amides is 3. The summed E-state index contributed by atoms with van der Waals surface area (Å²) in [7, 11) is -5.39. The van der Waals surface area contributed by atoms with Crippen LogP contribution in [0.4, 0.5) is 14.4 Å². The minimum absolute atomic E-state index is 0.108. The SMILES string of the molecule is NC(=O)N[NH+]=C(N)N.NC(=O)N[NH+]=C(N)N.NC(=O)N[NH+]=C(N)N.O=P([O-])([O-])[O-]. The van der Waals surface area contributed by atoms with E-state index in [-0.39, 0.29) is 17.9 Å². The van der Waals surface area contributed by atoms with Gasteiger partial charge in [0, 0.05) is 0 Å². The molecule has 0 saturated heterocycles. The van der Waals surface area contributed by atoms with Crippen LogP contribution in [-0.4, -0.2) is 36.0 Å². The minimum Gasteiger partial charge on any atom is -0.822 e. The highest BCUT2D eigenvalue weighted by molar-refractivity contribution is 7.40. The molecule has 0 spiro atoms. The predicted molar refractivity (Wildman–Crippen MR) is 88.8 cm³/mol. The van der Waals surface area contributed by atoms with E-state index in [1.165, 1.54) is 0 Å². The Bertz CT molecular complexity index is 549. The molecule has 0 aliphatic carbocycles. The van der Waals surface area contributed by atoms with E-state index in [1.54, 1.807) is 0 Å². The van der Waals surface area contributed by atoms with Gasteiger partial charge in [-0.15, -0.1) is 0 Å². The summed E-state index contributed by atoms with van der Waals surface area (Å²) in [5.41, 5.74) is 48.8. The Balaban J connectivity index is -0.000000146. The van der Waals surface area contributed by atoms with Gasteiger partial charge in [0.05, 0.1) is 0 Å². The lowest BCUT2D eigenvalue weighted by Crippen LogP contribution is -2.88. The number of nitrogens with one attached hydrogen (secondary N) is 6. The predicted octanol–water partition coefficient (Wildman–Crippen LogP) is -15.1. The highest BCUT2D eigenvalue weighted by Crippen LogP contribution is 2.03. The van der Waals surface area contributed by atoms with Gasteiger partial charge in [-0.05, 0) is 0 Å². The van der Waals surface area contributed by atoms with E-state index in [1.807, 2.05) is 16.3 Å². The first kappa shape index (κ1) is 32.4. The summed E-state index contributed by atoms with van der Waals surface area (Å²) in [5, 5.41) is 6.28. The number of carbonyl (C=O) groups is 3. The van der Waals surface area contributed by atoms with Gasteiger partial charge in [-0.1, -0.05) is 0 Å². The Morgan fingerprint density at radius 3 is 0.724 bits per heavy atom. The molecule has 0 heterocycles. The molecule has 23 heteroatoms. The van der Waals surface area contributed by atoms with Crippen LogP contribution in [0.3, 0.4) is 0 Å². The van der Waals surface area contributed by atoms with Crippen molar-refractivity contribution in [2.24, 2.45) is 51.6 Å². The van der Waals surface area contributed by atoms with Crippen LogP contribution in [0.15, 0.2) is 0 Å². The lowest BCUT2D eigenvalue weighted by molar-refractivity contribution is -0.510. The summed E-state index contributed by atoms with van der Waals surface area (Å²) in [6.45, 7) is 0. The zero-order valence-corrected chi connectivity index (χ0v) is 15.4. The summed E-state index contributed by atoms with van der Waals surface area (Å²) in [5.74, 6) is -0.323. The molecule has 0 atom stereocenters. The van der Waals surface area contributed by atoms with Gasteiger partial charge in [0.15, 0.2) is 0 Å². The van der Waals surface area contributed by atoms with E-state index in [4.69, 9.17) is 53.6 Å². The smallest absolute Gasteiger partial charge is 0.360 e. The van der Waals surface area contributed by atoms with Gasteiger partial charge in [-0.2, -0.15) is 23.1 Å². The van der Waals surface area contributed by atoms with Gasteiger partial charge in [-0.3, -0.25) is 34.4 Å². The van der Waals surface area contributed by atoms with Crippen LogP contribution in [0.5, 0.6) is 0 Å². The Hall–Kier alpha value is -4.27. The summed E-state index contributed by atoms with van der Waals surface area (Å²) in [4.78, 5) is 55.1. The average molecular weight is 449 g/mol. The van der Waals surface area contributed by atoms with E-state index in [0.29, 0.717) is 0 Å². The minimum atomic E-state index is -5.39. The summed E-state index contributed by atoms with van der Waals surface area (Å²) < 4.78 is 8.55. The van der Waals surface area contributed by atoms with Crippen LogP contribution in [0.2, 0.25) is 0 Å². The number of phosphoric acid groups is 1. The number of rotatable bonds is 3. The molecular formula is C6H24N15O7P. The maximum Gasteiger partial charge on any atom is 0.360 e. The van der Waals surface area contributed by atoms with Gasteiger partial charge < -0.3 is 36.4 Å². The molecule has 0 rings (SSSR count). The standard InChI is InChI=1S/3C2H7N5O.H3O4P/c3*3-1(4)6-7-2(5)8;1-5(2,3)4/h3*(H4,3,4,6)(H3,5,7,8);(H3,1,2,3,4). The third-order valence-electron chi connectivity index (χ3n) is 0.990. The Morgan fingerprint density at radius 2 is 0.690 bits per heavy atom. The van der Waals surface area contributed by atoms with Crippen LogP contribution in [0.25, 0.3) is 0 Å². The molecule has 0 fully saturated rings. The topological polar surface area (TPSA) is 450 Å². The second-order valence-electron chi connectivity index (χ2n) is 3.66. The van der Waals surface area contributed by atoms with Crippen molar-refractivity contribution in [2.75, 3.05) is 0 Å². The number of guanidine groups is 3. The molecule has 0 aromatic heterocycles. The van der Waals surface area contributed by atoms with E-state index in [2.05, 4.69) is 32.5 Å². The fourth-order valence-electron chi connectivity index (χ4n) is 0.401. The van der Waals surface area contributed by atoms with Crippen LogP contribution < -0.4 is 97.9 Å². The van der Waals surface area contributed by atoms with Crippen LogP contribution in [-0.2, 0) is 4.57 Å². The molecule has 0 unspecified atom stereocenters. The third kappa shape index (κ3) is 97.3. The number of hydrogen-bond acceptors (Lipinski definition) is 7. The molecule has 0 aliphatic rings. The van der Waals surface area contributed by atoms with E-state index < -0.39 is 25.9 Å². The van der Waals surface area contributed by atoms with Crippen molar-refractivity contribution in [3.63, 3.8) is 0 Å². The second-order valence-corrected chi connectivity index (χ2v) is 4.55. The molecule has 0 aromatic carbocycles. The lowest BCUT2D eigenvalue weighted by atomic mass is 11.1. The van der Waals surface area contributed by atoms with E-state index >= 15 is 0 Å². The summed E-state index contributed by atoms with van der Waals surface area (Å²) in [6.07, 6.45) is 0. The Morgan fingerprint density at radius 1 is 0.552 bits per heavy atom. The first-order chi connectivity index (χ1) is 12.9.